The van der Waals surface area contributed by atoms with E-state index in [-0.39, 0.29) is 0 Å². The number of fused-ring (bicyclic) bond motifs is 1. The molecule has 1 aliphatic carbocycles. The maximum atomic E-state index is 2.37. The fraction of sp³-hybridized carbons (Fsp3) is 0.0303. The van der Waals surface area contributed by atoms with Crippen molar-refractivity contribution in [2.45, 2.75) is 6.42 Å². The number of rotatable bonds is 6. The molecule has 0 aromatic heterocycles. The van der Waals surface area contributed by atoms with Crippen LogP contribution in [0, 0.1) is 0 Å². The molecule has 0 unspecified atom stereocenters. The molecule has 0 bridgehead atoms. The normalized spacial score (nSPS) is 12.1. The lowest BCUT2D eigenvalue weighted by molar-refractivity contribution is 1.08. The van der Waals surface area contributed by atoms with Gasteiger partial charge in [-0.15, -0.1) is 0 Å². The van der Waals surface area contributed by atoms with Crippen LogP contribution in [0.25, 0.3) is 6.08 Å². The Morgan fingerprint density at radius 1 is 0.400 bits per heavy atom. The molecule has 5 aromatic rings. The van der Waals surface area contributed by atoms with Crippen molar-refractivity contribution < 1.29 is 0 Å². The molecule has 0 aliphatic heterocycles. The summed E-state index contributed by atoms with van der Waals surface area (Å²) >= 11 is 0. The molecule has 1 aliphatic rings. The molecule has 0 amide bonds. The molecule has 2 nitrogen and oxygen atoms in total. The van der Waals surface area contributed by atoms with Gasteiger partial charge in [-0.3, -0.25) is 0 Å². The first kappa shape index (κ1) is 21.0. The highest BCUT2D eigenvalue weighted by molar-refractivity contribution is 5.81. The minimum atomic E-state index is 0.879. The van der Waals surface area contributed by atoms with Gasteiger partial charge < -0.3 is 9.80 Å². The Kier molecular flexibility index (Phi) is 5.62. The van der Waals surface area contributed by atoms with E-state index in [9.17, 15) is 0 Å². The number of nitrogens with zero attached hydrogens (tertiary/aromatic N) is 2. The average Bonchev–Trinajstić information content (AvgIpc) is 3.34. The molecule has 0 fully saturated rings. The molecular formula is C33H26N2. The molecule has 0 radical (unpaired) electrons. The largest absolute Gasteiger partial charge is 0.314 e. The fourth-order valence-electron chi connectivity index (χ4n) is 4.83. The lowest BCUT2D eigenvalue weighted by atomic mass is 10.1. The molecular weight excluding hydrogens is 424 g/mol. The molecule has 5 aromatic carbocycles. The van der Waals surface area contributed by atoms with Gasteiger partial charge in [-0.05, 0) is 77.9 Å². The molecule has 168 valence electrons. The van der Waals surface area contributed by atoms with Crippen molar-refractivity contribution in [1.29, 1.82) is 0 Å². The summed E-state index contributed by atoms with van der Waals surface area (Å²) in [6, 6.07) is 49.2. The second kappa shape index (κ2) is 9.36. The van der Waals surface area contributed by atoms with Crippen LogP contribution < -0.4 is 9.80 Å². The SMILES string of the molecule is C1=C(N(c2ccccc2)c2ccccc2)Cc2cc(N(c3ccccc3)c3ccccc3)ccc21. The second-order valence-corrected chi connectivity index (χ2v) is 8.71. The second-order valence-electron chi connectivity index (χ2n) is 8.71. The summed E-state index contributed by atoms with van der Waals surface area (Å²) in [7, 11) is 0. The van der Waals surface area contributed by atoms with Crippen molar-refractivity contribution in [1.82, 2.24) is 0 Å². The van der Waals surface area contributed by atoms with E-state index in [0.29, 0.717) is 0 Å². The first-order valence-electron chi connectivity index (χ1n) is 12.0. The molecule has 0 saturated heterocycles. The Morgan fingerprint density at radius 2 is 0.829 bits per heavy atom. The van der Waals surface area contributed by atoms with Crippen LogP contribution in [-0.2, 0) is 6.42 Å². The number of allylic oxidation sites excluding steroid dienone is 1. The topological polar surface area (TPSA) is 6.48 Å². The number of hydrogen-bond acceptors (Lipinski definition) is 2. The highest BCUT2D eigenvalue weighted by Crippen LogP contribution is 2.40. The quantitative estimate of drug-likeness (QED) is 0.255. The van der Waals surface area contributed by atoms with Gasteiger partial charge in [0, 0.05) is 40.6 Å². The summed E-state index contributed by atoms with van der Waals surface area (Å²) in [6.07, 6.45) is 3.21. The van der Waals surface area contributed by atoms with E-state index >= 15 is 0 Å². The van der Waals surface area contributed by atoms with Crippen molar-refractivity contribution in [2.24, 2.45) is 0 Å². The zero-order chi connectivity index (χ0) is 23.5. The Hall–Kier alpha value is -4.56. The number of para-hydroxylation sites is 4. The molecule has 0 atom stereocenters. The first-order chi connectivity index (χ1) is 17.4. The Bertz CT molecular complexity index is 1360. The van der Waals surface area contributed by atoms with Crippen LogP contribution in [0.5, 0.6) is 0 Å². The third-order valence-electron chi connectivity index (χ3n) is 6.42. The molecule has 0 saturated carbocycles. The fourth-order valence-corrected chi connectivity index (χ4v) is 4.83. The number of hydrogen-bond donors (Lipinski definition) is 0. The molecule has 0 spiro atoms. The van der Waals surface area contributed by atoms with E-state index in [1.54, 1.807) is 0 Å². The minimum absolute atomic E-state index is 0.879. The summed E-state index contributed by atoms with van der Waals surface area (Å²) in [5, 5.41) is 0. The summed E-state index contributed by atoms with van der Waals surface area (Å²) in [5.74, 6) is 0. The van der Waals surface area contributed by atoms with Crippen LogP contribution in [0.3, 0.4) is 0 Å². The zero-order valence-corrected chi connectivity index (χ0v) is 19.5. The van der Waals surface area contributed by atoms with E-state index < -0.39 is 0 Å². The average molecular weight is 451 g/mol. The van der Waals surface area contributed by atoms with Crippen molar-refractivity contribution in [2.75, 3.05) is 9.80 Å². The summed E-state index contributed by atoms with van der Waals surface area (Å²) in [4.78, 5) is 4.69. The third-order valence-corrected chi connectivity index (χ3v) is 6.42. The van der Waals surface area contributed by atoms with E-state index in [2.05, 4.69) is 155 Å². The van der Waals surface area contributed by atoms with Crippen molar-refractivity contribution in [3.63, 3.8) is 0 Å². The third kappa shape index (κ3) is 4.22. The van der Waals surface area contributed by atoms with Crippen LogP contribution in [0.2, 0.25) is 0 Å². The standard InChI is InChI=1S/C33H26N2/c1-5-13-28(14-6-1)34(29-15-7-2-8-16-29)32-22-21-26-23-33(25-27(26)24-32)35(30-17-9-3-10-18-30)31-19-11-4-12-20-31/h1-24H,25H2. The van der Waals surface area contributed by atoms with Gasteiger partial charge in [0.25, 0.3) is 0 Å². The molecule has 6 rings (SSSR count). The highest BCUT2D eigenvalue weighted by atomic mass is 15.2. The zero-order valence-electron chi connectivity index (χ0n) is 19.5. The van der Waals surface area contributed by atoms with Gasteiger partial charge in [0.15, 0.2) is 0 Å². The summed E-state index contributed by atoms with van der Waals surface area (Å²) in [6.45, 7) is 0. The van der Waals surface area contributed by atoms with Gasteiger partial charge in [0.2, 0.25) is 0 Å². The van der Waals surface area contributed by atoms with E-state index in [4.69, 9.17) is 0 Å². The molecule has 0 heterocycles. The maximum absolute atomic E-state index is 2.37. The predicted molar refractivity (Wildman–Crippen MR) is 148 cm³/mol. The van der Waals surface area contributed by atoms with Crippen LogP contribution in [-0.4, -0.2) is 0 Å². The van der Waals surface area contributed by atoms with Crippen LogP contribution >= 0.6 is 0 Å². The van der Waals surface area contributed by atoms with Crippen molar-refractivity contribution >= 4 is 34.5 Å². The molecule has 2 heteroatoms. The highest BCUT2D eigenvalue weighted by Gasteiger charge is 2.22. The Labute approximate surface area is 207 Å². The lowest BCUT2D eigenvalue weighted by Crippen LogP contribution is -2.16. The van der Waals surface area contributed by atoms with Gasteiger partial charge in [-0.2, -0.15) is 0 Å². The summed E-state index contributed by atoms with van der Waals surface area (Å²) in [5.41, 5.74) is 9.72. The van der Waals surface area contributed by atoms with Crippen molar-refractivity contribution in [3.05, 3.63) is 156 Å². The monoisotopic (exact) mass is 450 g/mol. The molecule has 35 heavy (non-hydrogen) atoms. The summed E-state index contributed by atoms with van der Waals surface area (Å²) < 4.78 is 0. The Balaban J connectivity index is 1.38. The molecule has 0 N–H and O–H groups in total. The number of benzene rings is 5. The van der Waals surface area contributed by atoms with Crippen LogP contribution in [0.4, 0.5) is 28.4 Å². The first-order valence-corrected chi connectivity index (χ1v) is 12.0. The van der Waals surface area contributed by atoms with Gasteiger partial charge in [-0.25, -0.2) is 0 Å². The Morgan fingerprint density at radius 3 is 1.29 bits per heavy atom. The minimum Gasteiger partial charge on any atom is -0.314 e. The van der Waals surface area contributed by atoms with Crippen LogP contribution in [0.1, 0.15) is 11.1 Å². The number of anilines is 5. The van der Waals surface area contributed by atoms with Gasteiger partial charge in [0.05, 0.1) is 0 Å². The lowest BCUT2D eigenvalue weighted by Gasteiger charge is -2.27. The van der Waals surface area contributed by atoms with E-state index in [1.807, 2.05) is 0 Å². The maximum Gasteiger partial charge on any atom is 0.0464 e. The van der Waals surface area contributed by atoms with Crippen molar-refractivity contribution in [3.8, 4) is 0 Å². The van der Waals surface area contributed by atoms with Crippen LogP contribution in [0.15, 0.2) is 145 Å². The van der Waals surface area contributed by atoms with Gasteiger partial charge >= 0.3 is 0 Å². The predicted octanol–water partition coefficient (Wildman–Crippen LogP) is 8.89. The van der Waals surface area contributed by atoms with E-state index in [0.717, 1.165) is 17.8 Å². The van der Waals surface area contributed by atoms with Gasteiger partial charge in [0.1, 0.15) is 0 Å². The van der Waals surface area contributed by atoms with E-state index in [1.165, 1.54) is 33.9 Å². The smallest absolute Gasteiger partial charge is 0.0464 e. The van der Waals surface area contributed by atoms with Gasteiger partial charge in [-0.1, -0.05) is 78.9 Å².